The van der Waals surface area contributed by atoms with Gasteiger partial charge in [-0.3, -0.25) is 0 Å². The third-order valence-electron chi connectivity index (χ3n) is 3.02. The van der Waals surface area contributed by atoms with Gasteiger partial charge in [-0.05, 0) is 17.7 Å². The Kier molecular flexibility index (Phi) is 4.15. The Morgan fingerprint density at radius 3 is 2.67 bits per heavy atom. The lowest BCUT2D eigenvalue weighted by molar-refractivity contribution is 0.0528. The molecule has 1 aliphatic heterocycles. The molecule has 0 bridgehead atoms. The minimum Gasteiger partial charge on any atom is -0.385 e. The van der Waals surface area contributed by atoms with E-state index in [1.807, 2.05) is 12.1 Å². The fourth-order valence-electron chi connectivity index (χ4n) is 1.98. The van der Waals surface area contributed by atoms with E-state index in [-0.39, 0.29) is 0 Å². The zero-order chi connectivity index (χ0) is 13.0. The Balaban J connectivity index is 2.16. The van der Waals surface area contributed by atoms with Crippen molar-refractivity contribution in [3.63, 3.8) is 0 Å². The molecule has 1 aromatic carbocycles. The molecule has 1 aromatic rings. The maximum Gasteiger partial charge on any atom is 0.170 e. The van der Waals surface area contributed by atoms with Gasteiger partial charge in [0.15, 0.2) is 6.10 Å². The Morgan fingerprint density at radius 2 is 2.00 bits per heavy atom. The van der Waals surface area contributed by atoms with E-state index in [9.17, 15) is 10.2 Å². The van der Waals surface area contributed by atoms with Gasteiger partial charge in [0.2, 0.25) is 0 Å². The molecule has 0 aliphatic carbocycles. The highest BCUT2D eigenvalue weighted by molar-refractivity contribution is 5.49. The van der Waals surface area contributed by atoms with Crippen LogP contribution in [0.1, 0.15) is 11.7 Å². The lowest BCUT2D eigenvalue weighted by atomic mass is 10.0. The fourth-order valence-corrected chi connectivity index (χ4v) is 1.98. The SMILES string of the molecule is N#CC(O)C(O)c1cccc(N2CCOCC2)c1. The first-order chi connectivity index (χ1) is 8.72. The second kappa shape index (κ2) is 5.83. The predicted octanol–water partition coefficient (Wildman–Crippen LogP) is 0.441. The summed E-state index contributed by atoms with van der Waals surface area (Å²) in [5.41, 5.74) is 1.52. The van der Waals surface area contributed by atoms with Crippen molar-refractivity contribution in [2.45, 2.75) is 12.2 Å². The largest absolute Gasteiger partial charge is 0.385 e. The number of morpholine rings is 1. The molecule has 2 rings (SSSR count). The molecule has 2 N–H and O–H groups in total. The smallest absolute Gasteiger partial charge is 0.170 e. The van der Waals surface area contributed by atoms with Gasteiger partial charge in [-0.15, -0.1) is 0 Å². The molecule has 2 unspecified atom stereocenters. The van der Waals surface area contributed by atoms with E-state index in [4.69, 9.17) is 10.00 Å². The van der Waals surface area contributed by atoms with Crippen LogP contribution in [0, 0.1) is 11.3 Å². The van der Waals surface area contributed by atoms with Gasteiger partial charge in [0.25, 0.3) is 0 Å². The van der Waals surface area contributed by atoms with Crippen LogP contribution in [0.25, 0.3) is 0 Å². The molecule has 1 aliphatic rings. The first-order valence-corrected chi connectivity index (χ1v) is 5.91. The fraction of sp³-hybridized carbons (Fsp3) is 0.462. The van der Waals surface area contributed by atoms with Crippen molar-refractivity contribution in [1.82, 2.24) is 0 Å². The van der Waals surface area contributed by atoms with Crippen LogP contribution in [0.3, 0.4) is 0 Å². The van der Waals surface area contributed by atoms with Crippen LogP contribution in [0.2, 0.25) is 0 Å². The van der Waals surface area contributed by atoms with Crippen LogP contribution in [0.4, 0.5) is 5.69 Å². The monoisotopic (exact) mass is 248 g/mol. The van der Waals surface area contributed by atoms with Gasteiger partial charge in [0.1, 0.15) is 6.10 Å². The van der Waals surface area contributed by atoms with Crippen LogP contribution in [-0.4, -0.2) is 42.6 Å². The third kappa shape index (κ3) is 2.79. The molecule has 0 amide bonds. The van der Waals surface area contributed by atoms with Crippen LogP contribution < -0.4 is 4.90 Å². The summed E-state index contributed by atoms with van der Waals surface area (Å²) in [4.78, 5) is 2.15. The molecule has 18 heavy (non-hydrogen) atoms. The van der Waals surface area contributed by atoms with Gasteiger partial charge in [0, 0.05) is 18.8 Å². The quantitative estimate of drug-likeness (QED) is 0.759. The molecule has 1 fully saturated rings. The molecule has 1 saturated heterocycles. The molecular formula is C13H16N2O3. The van der Waals surface area contributed by atoms with Gasteiger partial charge in [-0.1, -0.05) is 12.1 Å². The van der Waals surface area contributed by atoms with Crippen molar-refractivity contribution >= 4 is 5.69 Å². The standard InChI is InChI=1S/C13H16N2O3/c14-9-12(16)13(17)10-2-1-3-11(8-10)15-4-6-18-7-5-15/h1-3,8,12-13,16-17H,4-7H2. The minimum atomic E-state index is -1.40. The maximum absolute atomic E-state index is 9.80. The molecule has 5 nitrogen and oxygen atoms in total. The summed E-state index contributed by atoms with van der Waals surface area (Å²) in [6.07, 6.45) is -2.57. The van der Waals surface area contributed by atoms with Gasteiger partial charge in [-0.2, -0.15) is 5.26 Å². The lowest BCUT2D eigenvalue weighted by Gasteiger charge is -2.29. The minimum absolute atomic E-state index is 0.549. The normalized spacial score (nSPS) is 19.1. The molecule has 1 heterocycles. The maximum atomic E-state index is 9.80. The number of nitriles is 1. The van der Waals surface area contributed by atoms with E-state index in [0.29, 0.717) is 18.8 Å². The van der Waals surface area contributed by atoms with E-state index < -0.39 is 12.2 Å². The molecule has 0 radical (unpaired) electrons. The van der Waals surface area contributed by atoms with Crippen molar-refractivity contribution in [3.8, 4) is 6.07 Å². The van der Waals surface area contributed by atoms with E-state index in [1.54, 1.807) is 18.2 Å². The Bertz CT molecular complexity index is 438. The number of nitrogens with zero attached hydrogens (tertiary/aromatic N) is 2. The summed E-state index contributed by atoms with van der Waals surface area (Å²) >= 11 is 0. The summed E-state index contributed by atoms with van der Waals surface area (Å²) in [6.45, 7) is 2.99. The topological polar surface area (TPSA) is 76.7 Å². The van der Waals surface area contributed by atoms with Crippen molar-refractivity contribution in [2.75, 3.05) is 31.2 Å². The number of anilines is 1. The zero-order valence-corrected chi connectivity index (χ0v) is 9.99. The van der Waals surface area contributed by atoms with Gasteiger partial charge >= 0.3 is 0 Å². The highest BCUT2D eigenvalue weighted by atomic mass is 16.5. The van der Waals surface area contributed by atoms with Crippen molar-refractivity contribution in [2.24, 2.45) is 0 Å². The number of hydrogen-bond donors (Lipinski definition) is 2. The average Bonchev–Trinajstić information content (AvgIpc) is 2.46. The first kappa shape index (κ1) is 12.8. The van der Waals surface area contributed by atoms with Crippen molar-refractivity contribution in [1.29, 1.82) is 5.26 Å². The molecule has 0 aromatic heterocycles. The van der Waals surface area contributed by atoms with Crippen LogP contribution >= 0.6 is 0 Å². The second-order valence-electron chi connectivity index (χ2n) is 4.21. The zero-order valence-electron chi connectivity index (χ0n) is 9.99. The lowest BCUT2D eigenvalue weighted by Crippen LogP contribution is -2.36. The van der Waals surface area contributed by atoms with Crippen molar-refractivity contribution in [3.05, 3.63) is 29.8 Å². The number of benzene rings is 1. The van der Waals surface area contributed by atoms with E-state index in [0.717, 1.165) is 18.8 Å². The predicted molar refractivity (Wildman–Crippen MR) is 66.1 cm³/mol. The van der Waals surface area contributed by atoms with Gasteiger partial charge in [0.05, 0.1) is 19.3 Å². The molecule has 96 valence electrons. The van der Waals surface area contributed by atoms with E-state index >= 15 is 0 Å². The van der Waals surface area contributed by atoms with Crippen molar-refractivity contribution < 1.29 is 14.9 Å². The molecule has 2 atom stereocenters. The number of ether oxygens (including phenoxy) is 1. The number of hydrogen-bond acceptors (Lipinski definition) is 5. The number of aliphatic hydroxyl groups is 2. The van der Waals surface area contributed by atoms with Crippen LogP contribution in [0.15, 0.2) is 24.3 Å². The van der Waals surface area contributed by atoms with Gasteiger partial charge in [-0.25, -0.2) is 0 Å². The average molecular weight is 248 g/mol. The Morgan fingerprint density at radius 1 is 1.28 bits per heavy atom. The van der Waals surface area contributed by atoms with Gasteiger partial charge < -0.3 is 19.8 Å². The molecule has 0 saturated carbocycles. The summed E-state index contributed by atoms with van der Waals surface area (Å²) in [5, 5.41) is 27.7. The highest BCUT2D eigenvalue weighted by Gasteiger charge is 2.19. The van der Waals surface area contributed by atoms with Crippen LogP contribution in [-0.2, 0) is 4.74 Å². The molecule has 5 heteroatoms. The number of rotatable bonds is 3. The molecular weight excluding hydrogens is 232 g/mol. The number of aliphatic hydroxyl groups excluding tert-OH is 2. The summed E-state index contributed by atoms with van der Waals surface area (Å²) in [7, 11) is 0. The van der Waals surface area contributed by atoms with E-state index in [2.05, 4.69) is 4.90 Å². The summed E-state index contributed by atoms with van der Waals surface area (Å²) in [6, 6.07) is 8.90. The summed E-state index contributed by atoms with van der Waals surface area (Å²) < 4.78 is 5.28. The second-order valence-corrected chi connectivity index (χ2v) is 4.21. The Hall–Kier alpha value is -1.61. The highest BCUT2D eigenvalue weighted by Crippen LogP contribution is 2.23. The molecule has 0 spiro atoms. The summed E-state index contributed by atoms with van der Waals surface area (Å²) in [5.74, 6) is 0. The third-order valence-corrected chi connectivity index (χ3v) is 3.02. The van der Waals surface area contributed by atoms with E-state index in [1.165, 1.54) is 0 Å². The van der Waals surface area contributed by atoms with Crippen LogP contribution in [0.5, 0.6) is 0 Å². The Labute approximate surface area is 106 Å². The first-order valence-electron chi connectivity index (χ1n) is 5.91.